The average Bonchev–Trinajstić information content (AvgIpc) is 2.71. The van der Waals surface area contributed by atoms with Crippen LogP contribution in [0.3, 0.4) is 0 Å². The van der Waals surface area contributed by atoms with Crippen LogP contribution in [0.2, 0.25) is 0 Å². The maximum atomic E-state index is 11.6. The van der Waals surface area contributed by atoms with Gasteiger partial charge in [-0.2, -0.15) is 0 Å². The van der Waals surface area contributed by atoms with E-state index in [9.17, 15) is 4.79 Å². The van der Waals surface area contributed by atoms with Crippen LogP contribution in [0, 0.1) is 0 Å². The minimum Gasteiger partial charge on any atom is -0.287 e. The van der Waals surface area contributed by atoms with Crippen molar-refractivity contribution in [1.29, 1.82) is 0 Å². The lowest BCUT2D eigenvalue weighted by Crippen LogP contribution is -2.00. The molecule has 0 N–H and O–H groups in total. The van der Waals surface area contributed by atoms with E-state index in [0.717, 1.165) is 0 Å². The summed E-state index contributed by atoms with van der Waals surface area (Å²) in [4.78, 5) is 19.4. The van der Waals surface area contributed by atoms with Crippen molar-refractivity contribution in [3.63, 3.8) is 0 Å². The third-order valence-corrected chi connectivity index (χ3v) is 2.19. The predicted octanol–water partition coefficient (Wildman–Crippen LogP) is 1.77. The Morgan fingerprint density at radius 1 is 1.31 bits per heavy atom. The summed E-state index contributed by atoms with van der Waals surface area (Å²) in [5.74, 6) is -0.0522. The third-order valence-electron chi connectivity index (χ3n) is 1.61. The summed E-state index contributed by atoms with van der Waals surface area (Å²) in [6.07, 6.45) is 3.19. The molecule has 0 amide bonds. The van der Waals surface area contributed by atoms with Gasteiger partial charge in [-0.25, -0.2) is 4.98 Å². The molecule has 0 aliphatic carbocycles. The highest BCUT2D eigenvalue weighted by Gasteiger charge is 2.09. The van der Waals surface area contributed by atoms with Gasteiger partial charge in [-0.05, 0) is 12.1 Å². The number of carbonyl (C=O) groups is 1. The fourth-order valence-electron chi connectivity index (χ4n) is 0.976. The first kappa shape index (κ1) is 8.07. The van der Waals surface area contributed by atoms with Gasteiger partial charge in [-0.3, -0.25) is 9.78 Å². The molecule has 2 heterocycles. The van der Waals surface area contributed by atoms with Gasteiger partial charge in [0.2, 0.25) is 5.78 Å². The van der Waals surface area contributed by atoms with Crippen LogP contribution in [0.25, 0.3) is 0 Å². The number of carbonyl (C=O) groups excluding carboxylic acids is 1. The van der Waals surface area contributed by atoms with Gasteiger partial charge in [-0.1, -0.05) is 0 Å². The molecule has 13 heavy (non-hydrogen) atoms. The van der Waals surface area contributed by atoms with Crippen molar-refractivity contribution in [3.8, 4) is 0 Å². The van der Waals surface area contributed by atoms with Crippen molar-refractivity contribution in [2.24, 2.45) is 0 Å². The van der Waals surface area contributed by atoms with Crippen molar-refractivity contribution >= 4 is 17.1 Å². The minimum absolute atomic E-state index is 0.0522. The zero-order chi connectivity index (χ0) is 9.10. The molecule has 0 aliphatic heterocycles. The molecule has 0 radical (unpaired) electrons. The van der Waals surface area contributed by atoms with E-state index < -0.39 is 0 Å². The van der Waals surface area contributed by atoms with Crippen LogP contribution in [-0.2, 0) is 0 Å². The Kier molecular flexibility index (Phi) is 2.14. The molecule has 2 aromatic heterocycles. The smallest absolute Gasteiger partial charge is 0.212 e. The van der Waals surface area contributed by atoms with E-state index in [-0.39, 0.29) is 5.78 Å². The number of nitrogens with zero attached hydrogens (tertiary/aromatic N) is 2. The van der Waals surface area contributed by atoms with Crippen molar-refractivity contribution in [2.75, 3.05) is 0 Å². The molecule has 4 heteroatoms. The molecule has 3 nitrogen and oxygen atoms in total. The quantitative estimate of drug-likeness (QED) is 0.678. The largest absolute Gasteiger partial charge is 0.287 e. The number of rotatable bonds is 2. The summed E-state index contributed by atoms with van der Waals surface area (Å²) in [6.45, 7) is 0. The van der Waals surface area contributed by atoms with Gasteiger partial charge in [0.15, 0.2) is 0 Å². The fraction of sp³-hybridized carbons (Fsp3) is 0. The van der Waals surface area contributed by atoms with E-state index >= 15 is 0 Å². The molecule has 2 aromatic rings. The summed E-state index contributed by atoms with van der Waals surface area (Å²) in [5.41, 5.74) is 2.77. The zero-order valence-corrected chi connectivity index (χ0v) is 7.49. The summed E-state index contributed by atoms with van der Waals surface area (Å²) < 4.78 is 0. The van der Waals surface area contributed by atoms with E-state index in [1.54, 1.807) is 35.4 Å². The van der Waals surface area contributed by atoms with Crippen LogP contribution in [0.4, 0.5) is 0 Å². The topological polar surface area (TPSA) is 42.9 Å². The van der Waals surface area contributed by atoms with Gasteiger partial charge in [0.05, 0.1) is 5.51 Å². The second-order valence-corrected chi connectivity index (χ2v) is 3.16. The molecular formula is C9H6N2OS. The van der Waals surface area contributed by atoms with Gasteiger partial charge in [0.1, 0.15) is 5.69 Å². The molecule has 0 saturated carbocycles. The summed E-state index contributed by atoms with van der Waals surface area (Å²) in [5, 5.41) is 1.74. The predicted molar refractivity (Wildman–Crippen MR) is 49.8 cm³/mol. The monoisotopic (exact) mass is 190 g/mol. The Morgan fingerprint density at radius 3 is 2.69 bits per heavy atom. The Hall–Kier alpha value is -1.55. The second kappa shape index (κ2) is 3.45. The first-order valence-corrected chi connectivity index (χ1v) is 4.65. The van der Waals surface area contributed by atoms with E-state index in [1.165, 1.54) is 11.3 Å². The number of aromatic nitrogens is 2. The second-order valence-electron chi connectivity index (χ2n) is 2.44. The first-order valence-electron chi connectivity index (χ1n) is 3.71. The maximum Gasteiger partial charge on any atom is 0.212 e. The lowest BCUT2D eigenvalue weighted by Gasteiger charge is -1.94. The number of hydrogen-bond donors (Lipinski definition) is 0. The highest BCUT2D eigenvalue weighted by atomic mass is 32.1. The van der Waals surface area contributed by atoms with E-state index in [0.29, 0.717) is 11.3 Å². The SMILES string of the molecule is O=C(c1ccncc1)c1cscn1. The third kappa shape index (κ3) is 1.62. The molecule has 0 spiro atoms. The Labute approximate surface area is 79.1 Å². The number of ketones is 1. The number of thiazole rings is 1. The lowest BCUT2D eigenvalue weighted by atomic mass is 10.1. The van der Waals surface area contributed by atoms with Gasteiger partial charge >= 0.3 is 0 Å². The molecule has 0 aromatic carbocycles. The molecule has 0 fully saturated rings. The Morgan fingerprint density at radius 2 is 2.08 bits per heavy atom. The molecule has 0 bridgehead atoms. The molecular weight excluding hydrogens is 184 g/mol. The highest BCUT2D eigenvalue weighted by molar-refractivity contribution is 7.07. The van der Waals surface area contributed by atoms with E-state index in [4.69, 9.17) is 0 Å². The average molecular weight is 190 g/mol. The Balaban J connectivity index is 2.34. The first-order chi connectivity index (χ1) is 6.38. The van der Waals surface area contributed by atoms with Crippen LogP contribution in [0.15, 0.2) is 35.4 Å². The van der Waals surface area contributed by atoms with Gasteiger partial charge < -0.3 is 0 Å². The number of pyridine rings is 1. The molecule has 0 aliphatic rings. The molecule has 0 atom stereocenters. The summed E-state index contributed by atoms with van der Waals surface area (Å²) in [7, 11) is 0. The van der Waals surface area contributed by atoms with Crippen molar-refractivity contribution in [1.82, 2.24) is 9.97 Å². The zero-order valence-electron chi connectivity index (χ0n) is 6.68. The van der Waals surface area contributed by atoms with E-state index in [2.05, 4.69) is 9.97 Å². The maximum absolute atomic E-state index is 11.6. The van der Waals surface area contributed by atoms with E-state index in [1.807, 2.05) is 0 Å². The standard InChI is InChI=1S/C9H6N2OS/c12-9(8-5-13-6-11-8)7-1-3-10-4-2-7/h1-6H. The minimum atomic E-state index is -0.0522. The Bertz CT molecular complexity index is 397. The van der Waals surface area contributed by atoms with Gasteiger partial charge in [0.25, 0.3) is 0 Å². The molecule has 2 rings (SSSR count). The lowest BCUT2D eigenvalue weighted by molar-refractivity contribution is 0.103. The summed E-state index contributed by atoms with van der Waals surface area (Å²) >= 11 is 1.42. The van der Waals surface area contributed by atoms with Crippen molar-refractivity contribution in [3.05, 3.63) is 46.7 Å². The van der Waals surface area contributed by atoms with Crippen LogP contribution >= 0.6 is 11.3 Å². The molecule has 64 valence electrons. The van der Waals surface area contributed by atoms with Crippen molar-refractivity contribution < 1.29 is 4.79 Å². The van der Waals surface area contributed by atoms with Crippen LogP contribution in [0.1, 0.15) is 16.1 Å². The highest BCUT2D eigenvalue weighted by Crippen LogP contribution is 2.08. The number of hydrogen-bond acceptors (Lipinski definition) is 4. The van der Waals surface area contributed by atoms with Crippen LogP contribution < -0.4 is 0 Å². The normalized spacial score (nSPS) is 9.85. The summed E-state index contributed by atoms with van der Waals surface area (Å²) in [6, 6.07) is 3.36. The van der Waals surface area contributed by atoms with Crippen LogP contribution in [-0.4, -0.2) is 15.8 Å². The van der Waals surface area contributed by atoms with Gasteiger partial charge in [0, 0.05) is 23.3 Å². The molecule has 0 unspecified atom stereocenters. The van der Waals surface area contributed by atoms with Gasteiger partial charge in [-0.15, -0.1) is 11.3 Å². The molecule has 0 saturated heterocycles. The van der Waals surface area contributed by atoms with Crippen molar-refractivity contribution in [2.45, 2.75) is 0 Å². The van der Waals surface area contributed by atoms with Crippen LogP contribution in [0.5, 0.6) is 0 Å². The fourth-order valence-corrected chi connectivity index (χ4v) is 1.51.